The third-order valence-electron chi connectivity index (χ3n) is 3.47. The summed E-state index contributed by atoms with van der Waals surface area (Å²) in [7, 11) is 0. The van der Waals surface area contributed by atoms with Gasteiger partial charge in [-0.25, -0.2) is 0 Å². The highest BCUT2D eigenvalue weighted by Crippen LogP contribution is 2.08. The summed E-state index contributed by atoms with van der Waals surface area (Å²) >= 11 is 0. The molecule has 0 saturated heterocycles. The Balaban J connectivity index is 2.02. The normalized spacial score (nSPS) is 10.2. The first-order valence-corrected chi connectivity index (χ1v) is 8.09. The number of allylic oxidation sites excluding steroid dienone is 1. The zero-order valence-corrected chi connectivity index (χ0v) is 13.3. The molecule has 0 saturated carbocycles. The standard InChI is InChI=1S/C19H26O3/c1-2-3-4-5-6-7-8-12-15-22-19(21)16-18(20)17-13-10-9-11-14-17/h2,9-11,13-14H,1,3-8,12,15-16H2. The largest absolute Gasteiger partial charge is 0.465 e. The molecule has 0 radical (unpaired) electrons. The van der Waals surface area contributed by atoms with Crippen molar-refractivity contribution in [1.82, 2.24) is 0 Å². The average molecular weight is 302 g/mol. The fourth-order valence-electron chi connectivity index (χ4n) is 2.19. The van der Waals surface area contributed by atoms with Gasteiger partial charge in [-0.05, 0) is 19.3 Å². The summed E-state index contributed by atoms with van der Waals surface area (Å²) in [6.45, 7) is 4.11. The number of ether oxygens (including phenoxy) is 1. The van der Waals surface area contributed by atoms with E-state index in [1.807, 2.05) is 12.1 Å². The van der Waals surface area contributed by atoms with E-state index in [9.17, 15) is 9.59 Å². The SMILES string of the molecule is C=CCCCCCCCCOC(=O)CC(=O)c1ccccc1. The van der Waals surface area contributed by atoms with E-state index in [1.54, 1.807) is 24.3 Å². The van der Waals surface area contributed by atoms with Crippen LogP contribution in [0.2, 0.25) is 0 Å². The molecule has 0 amide bonds. The van der Waals surface area contributed by atoms with Gasteiger partial charge in [-0.3, -0.25) is 9.59 Å². The summed E-state index contributed by atoms with van der Waals surface area (Å²) in [4.78, 5) is 23.4. The second kappa shape index (κ2) is 11.7. The summed E-state index contributed by atoms with van der Waals surface area (Å²) in [5.74, 6) is -0.618. The van der Waals surface area contributed by atoms with E-state index in [4.69, 9.17) is 4.74 Å². The van der Waals surface area contributed by atoms with Gasteiger partial charge in [-0.1, -0.05) is 62.1 Å². The van der Waals surface area contributed by atoms with E-state index < -0.39 is 5.97 Å². The zero-order chi connectivity index (χ0) is 16.0. The molecule has 1 rings (SSSR count). The third kappa shape index (κ3) is 8.40. The second-order valence-corrected chi connectivity index (χ2v) is 5.39. The summed E-state index contributed by atoms with van der Waals surface area (Å²) in [5.41, 5.74) is 0.555. The van der Waals surface area contributed by atoms with E-state index in [0.29, 0.717) is 12.2 Å². The molecule has 0 bridgehead atoms. The van der Waals surface area contributed by atoms with Gasteiger partial charge in [0.15, 0.2) is 5.78 Å². The molecule has 3 nitrogen and oxygen atoms in total. The monoisotopic (exact) mass is 302 g/mol. The Kier molecular flexibility index (Phi) is 9.67. The molecular weight excluding hydrogens is 276 g/mol. The number of hydrogen-bond donors (Lipinski definition) is 0. The Morgan fingerprint density at radius 2 is 1.59 bits per heavy atom. The summed E-state index contributed by atoms with van der Waals surface area (Å²) in [5, 5.41) is 0. The van der Waals surface area contributed by atoms with Crippen LogP contribution >= 0.6 is 0 Å². The molecule has 0 aromatic heterocycles. The van der Waals surface area contributed by atoms with Crippen LogP contribution < -0.4 is 0 Å². The zero-order valence-electron chi connectivity index (χ0n) is 13.3. The number of benzene rings is 1. The number of rotatable bonds is 12. The van der Waals surface area contributed by atoms with Crippen molar-refractivity contribution >= 4 is 11.8 Å². The molecule has 0 spiro atoms. The molecule has 0 aliphatic heterocycles. The first-order valence-electron chi connectivity index (χ1n) is 8.09. The minimum absolute atomic E-state index is 0.175. The molecule has 0 aliphatic carbocycles. The molecule has 0 aliphatic rings. The molecule has 0 unspecified atom stereocenters. The van der Waals surface area contributed by atoms with Crippen molar-refractivity contribution in [2.24, 2.45) is 0 Å². The van der Waals surface area contributed by atoms with Gasteiger partial charge < -0.3 is 4.74 Å². The van der Waals surface area contributed by atoms with E-state index in [1.165, 1.54) is 19.3 Å². The Morgan fingerprint density at radius 3 is 2.27 bits per heavy atom. The van der Waals surface area contributed by atoms with Crippen LogP contribution in [0, 0.1) is 0 Å². The highest BCUT2D eigenvalue weighted by Gasteiger charge is 2.12. The van der Waals surface area contributed by atoms with Gasteiger partial charge >= 0.3 is 5.97 Å². The smallest absolute Gasteiger partial charge is 0.313 e. The van der Waals surface area contributed by atoms with Crippen LogP contribution in [0.5, 0.6) is 0 Å². The molecule has 0 N–H and O–H groups in total. The average Bonchev–Trinajstić information content (AvgIpc) is 2.54. The van der Waals surface area contributed by atoms with Crippen molar-refractivity contribution in [3.63, 3.8) is 0 Å². The number of unbranched alkanes of at least 4 members (excludes halogenated alkanes) is 6. The van der Waals surface area contributed by atoms with Gasteiger partial charge in [0.05, 0.1) is 6.61 Å². The first kappa shape index (κ1) is 18.1. The van der Waals surface area contributed by atoms with E-state index in [0.717, 1.165) is 25.7 Å². The Morgan fingerprint density at radius 1 is 0.955 bits per heavy atom. The van der Waals surface area contributed by atoms with Gasteiger partial charge in [0.2, 0.25) is 0 Å². The molecule has 120 valence electrons. The third-order valence-corrected chi connectivity index (χ3v) is 3.47. The van der Waals surface area contributed by atoms with Gasteiger partial charge in [0.1, 0.15) is 6.42 Å². The molecular formula is C19H26O3. The molecule has 1 aromatic rings. The minimum atomic E-state index is -0.431. The molecule has 22 heavy (non-hydrogen) atoms. The predicted octanol–water partition coefficient (Wildman–Crippen LogP) is 4.72. The quantitative estimate of drug-likeness (QED) is 0.184. The maximum Gasteiger partial charge on any atom is 0.313 e. The summed E-state index contributed by atoms with van der Waals surface area (Å²) in [6.07, 6.45) is 9.62. The van der Waals surface area contributed by atoms with Crippen molar-refractivity contribution in [2.45, 2.75) is 51.4 Å². The fourth-order valence-corrected chi connectivity index (χ4v) is 2.19. The van der Waals surface area contributed by atoms with Crippen LogP contribution in [0.25, 0.3) is 0 Å². The van der Waals surface area contributed by atoms with Crippen molar-refractivity contribution in [1.29, 1.82) is 0 Å². The van der Waals surface area contributed by atoms with E-state index >= 15 is 0 Å². The van der Waals surface area contributed by atoms with Crippen molar-refractivity contribution in [2.75, 3.05) is 6.61 Å². The van der Waals surface area contributed by atoms with Gasteiger partial charge in [-0.2, -0.15) is 0 Å². The summed E-state index contributed by atoms with van der Waals surface area (Å²) in [6, 6.07) is 8.83. The Labute approximate surface area is 133 Å². The summed E-state index contributed by atoms with van der Waals surface area (Å²) < 4.78 is 5.11. The van der Waals surface area contributed by atoms with Crippen LogP contribution in [0.15, 0.2) is 43.0 Å². The number of ketones is 1. The van der Waals surface area contributed by atoms with Crippen LogP contribution in [0.3, 0.4) is 0 Å². The lowest BCUT2D eigenvalue weighted by atomic mass is 10.1. The highest BCUT2D eigenvalue weighted by atomic mass is 16.5. The van der Waals surface area contributed by atoms with Crippen molar-refractivity contribution in [3.8, 4) is 0 Å². The number of hydrogen-bond acceptors (Lipinski definition) is 3. The molecule has 1 aromatic carbocycles. The van der Waals surface area contributed by atoms with E-state index in [-0.39, 0.29) is 12.2 Å². The maximum atomic E-state index is 11.8. The highest BCUT2D eigenvalue weighted by molar-refractivity contribution is 6.05. The topological polar surface area (TPSA) is 43.4 Å². The minimum Gasteiger partial charge on any atom is -0.465 e. The molecule has 0 fully saturated rings. The lowest BCUT2D eigenvalue weighted by Crippen LogP contribution is -2.12. The van der Waals surface area contributed by atoms with E-state index in [2.05, 4.69) is 6.58 Å². The van der Waals surface area contributed by atoms with Crippen LogP contribution in [-0.4, -0.2) is 18.4 Å². The molecule has 3 heteroatoms. The Hall–Kier alpha value is -1.90. The number of esters is 1. The van der Waals surface area contributed by atoms with Crippen molar-refractivity contribution < 1.29 is 14.3 Å². The van der Waals surface area contributed by atoms with Crippen LogP contribution in [0.1, 0.15) is 61.7 Å². The van der Waals surface area contributed by atoms with Gasteiger partial charge in [0, 0.05) is 5.56 Å². The first-order chi connectivity index (χ1) is 10.7. The molecule has 0 atom stereocenters. The van der Waals surface area contributed by atoms with Crippen LogP contribution in [0.4, 0.5) is 0 Å². The second-order valence-electron chi connectivity index (χ2n) is 5.39. The van der Waals surface area contributed by atoms with Gasteiger partial charge in [0.25, 0.3) is 0 Å². The van der Waals surface area contributed by atoms with Crippen molar-refractivity contribution in [3.05, 3.63) is 48.6 Å². The Bertz CT molecular complexity index is 451. The van der Waals surface area contributed by atoms with Gasteiger partial charge in [-0.15, -0.1) is 6.58 Å². The fraction of sp³-hybridized carbons (Fsp3) is 0.474. The number of carbonyl (C=O) groups is 2. The predicted molar refractivity (Wildman–Crippen MR) is 88.9 cm³/mol. The number of Topliss-reactive ketones (excluding diaryl/α,β-unsaturated/α-hetero) is 1. The number of carbonyl (C=O) groups excluding carboxylic acids is 2. The van der Waals surface area contributed by atoms with Crippen LogP contribution in [-0.2, 0) is 9.53 Å². The lowest BCUT2D eigenvalue weighted by molar-refractivity contribution is -0.142. The maximum absolute atomic E-state index is 11.8. The lowest BCUT2D eigenvalue weighted by Gasteiger charge is -2.05. The molecule has 0 heterocycles.